The Balaban J connectivity index is 2.03. The Kier molecular flexibility index (Phi) is 7.97. The van der Waals surface area contributed by atoms with Crippen LogP contribution in [0.15, 0.2) is 87.6 Å². The van der Waals surface area contributed by atoms with Gasteiger partial charge in [-0.05, 0) is 53.9 Å². The lowest BCUT2D eigenvalue weighted by atomic mass is 10.1. The number of allylic oxidation sites excluding steroid dienone is 1. The van der Waals surface area contributed by atoms with Crippen LogP contribution in [0.5, 0.6) is 0 Å². The number of sulfone groups is 1. The number of thioether (sulfide) groups is 1. The number of aryl methyl sites for hydroxylation is 1. The average Bonchev–Trinajstić information content (AvgIpc) is 2.79. The van der Waals surface area contributed by atoms with Gasteiger partial charge in [-0.15, -0.1) is 11.8 Å². The Hall–Kier alpha value is -2.79. The van der Waals surface area contributed by atoms with Gasteiger partial charge in [-0.1, -0.05) is 54.9 Å². The van der Waals surface area contributed by atoms with Gasteiger partial charge in [0, 0.05) is 16.5 Å². The molecule has 4 nitrogen and oxygen atoms in total. The first-order chi connectivity index (χ1) is 15.3. The van der Waals surface area contributed by atoms with Crippen LogP contribution in [0.25, 0.3) is 0 Å². The van der Waals surface area contributed by atoms with E-state index >= 15 is 0 Å². The van der Waals surface area contributed by atoms with Gasteiger partial charge in [0.2, 0.25) is 9.84 Å². The number of nitrogens with zero attached hydrogens (tertiary/aromatic N) is 1. The molecule has 0 saturated heterocycles. The summed E-state index contributed by atoms with van der Waals surface area (Å²) in [7, 11) is -4.06. The summed E-state index contributed by atoms with van der Waals surface area (Å²) in [5, 5.41) is 13.3. The predicted octanol–water partition coefficient (Wildman–Crippen LogP) is 6.55. The monoisotopic (exact) mass is 486 g/mol. The van der Waals surface area contributed by atoms with Gasteiger partial charge in [0.25, 0.3) is 0 Å². The van der Waals surface area contributed by atoms with E-state index in [-0.39, 0.29) is 20.7 Å². The largest absolute Gasteiger partial charge is 0.349 e. The van der Waals surface area contributed by atoms with Gasteiger partial charge in [-0.2, -0.15) is 5.26 Å². The fourth-order valence-corrected chi connectivity index (χ4v) is 5.76. The molecule has 0 unspecified atom stereocenters. The van der Waals surface area contributed by atoms with Crippen molar-refractivity contribution in [3.63, 3.8) is 0 Å². The lowest BCUT2D eigenvalue weighted by Crippen LogP contribution is -2.10. The van der Waals surface area contributed by atoms with Crippen LogP contribution in [-0.4, -0.2) is 8.42 Å². The second kappa shape index (κ2) is 10.7. The number of anilines is 1. The summed E-state index contributed by atoms with van der Waals surface area (Å²) in [4.78, 5) is -0.371. The molecule has 0 aliphatic carbocycles. The third kappa shape index (κ3) is 5.71. The number of benzene rings is 3. The molecule has 0 atom stereocenters. The third-order valence-corrected chi connectivity index (χ3v) is 7.89. The SMILES string of the molecule is CCc1ccc(N/C(SCc2ccc(F)cc2Cl)=C(/C#N)S(=O)(=O)c2ccccc2)cc1. The number of hydrogen-bond acceptors (Lipinski definition) is 5. The van der Waals surface area contributed by atoms with Crippen LogP contribution in [0.4, 0.5) is 10.1 Å². The van der Waals surface area contributed by atoms with E-state index in [0.29, 0.717) is 11.3 Å². The molecule has 0 bridgehead atoms. The highest BCUT2D eigenvalue weighted by atomic mass is 35.5. The van der Waals surface area contributed by atoms with Crippen molar-refractivity contribution < 1.29 is 12.8 Å². The zero-order valence-corrected chi connectivity index (χ0v) is 19.6. The van der Waals surface area contributed by atoms with Crippen molar-refractivity contribution in [1.29, 1.82) is 5.26 Å². The summed E-state index contributed by atoms with van der Waals surface area (Å²) in [6, 6.07) is 21.2. The van der Waals surface area contributed by atoms with Crippen molar-refractivity contribution in [3.05, 3.63) is 105 Å². The quantitative estimate of drug-likeness (QED) is 0.365. The molecule has 0 aliphatic heterocycles. The van der Waals surface area contributed by atoms with Crippen LogP contribution >= 0.6 is 23.4 Å². The minimum absolute atomic E-state index is 0.0256. The molecule has 0 radical (unpaired) electrons. The van der Waals surface area contributed by atoms with E-state index in [9.17, 15) is 18.1 Å². The lowest BCUT2D eigenvalue weighted by molar-refractivity contribution is 0.603. The molecule has 0 spiro atoms. The second-order valence-electron chi connectivity index (χ2n) is 6.79. The van der Waals surface area contributed by atoms with E-state index in [1.807, 2.05) is 37.3 Å². The molecule has 164 valence electrons. The second-order valence-corrected chi connectivity index (χ2v) is 10.1. The Morgan fingerprint density at radius 1 is 1.09 bits per heavy atom. The average molecular weight is 487 g/mol. The normalized spacial score (nSPS) is 12.1. The summed E-state index contributed by atoms with van der Waals surface area (Å²) < 4.78 is 39.8. The Bertz CT molecular complexity index is 1270. The number of hydrogen-bond donors (Lipinski definition) is 1. The smallest absolute Gasteiger partial charge is 0.219 e. The minimum atomic E-state index is -4.06. The first-order valence-electron chi connectivity index (χ1n) is 9.72. The highest BCUT2D eigenvalue weighted by Crippen LogP contribution is 2.33. The fraction of sp³-hybridized carbons (Fsp3) is 0.125. The molecule has 0 aromatic heterocycles. The molecule has 0 heterocycles. The van der Waals surface area contributed by atoms with Crippen LogP contribution < -0.4 is 5.32 Å². The summed E-state index contributed by atoms with van der Waals surface area (Å²) in [5.41, 5.74) is 2.39. The van der Waals surface area contributed by atoms with Crippen molar-refractivity contribution in [3.8, 4) is 6.07 Å². The van der Waals surface area contributed by atoms with Crippen LogP contribution in [0.1, 0.15) is 18.1 Å². The van der Waals surface area contributed by atoms with E-state index in [1.54, 1.807) is 18.2 Å². The molecule has 3 aromatic rings. The molecule has 1 N–H and O–H groups in total. The topological polar surface area (TPSA) is 70.0 Å². The van der Waals surface area contributed by atoms with Crippen LogP contribution in [-0.2, 0) is 22.0 Å². The maximum atomic E-state index is 13.4. The molecule has 3 rings (SSSR count). The van der Waals surface area contributed by atoms with Crippen LogP contribution in [0.3, 0.4) is 0 Å². The van der Waals surface area contributed by atoms with Gasteiger partial charge in [-0.25, -0.2) is 12.8 Å². The molecule has 32 heavy (non-hydrogen) atoms. The summed E-state index contributed by atoms with van der Waals surface area (Å²) in [6.07, 6.45) is 0.868. The van der Waals surface area contributed by atoms with Gasteiger partial charge < -0.3 is 5.32 Å². The highest BCUT2D eigenvalue weighted by Gasteiger charge is 2.25. The molecule has 0 saturated carbocycles. The number of nitrogens with one attached hydrogen (secondary N) is 1. The molecule has 0 amide bonds. The van der Waals surface area contributed by atoms with Crippen molar-refractivity contribution in [1.82, 2.24) is 0 Å². The standard InChI is InChI=1S/C24H20ClFN2O2S2/c1-2-17-8-12-20(13-9-17)28-24(31-16-18-10-11-19(26)14-22(18)25)23(15-27)32(29,30)21-6-4-3-5-7-21/h3-14,28H,2,16H2,1H3/b24-23+. The van der Waals surface area contributed by atoms with Gasteiger partial charge >= 0.3 is 0 Å². The highest BCUT2D eigenvalue weighted by molar-refractivity contribution is 8.04. The fourth-order valence-electron chi connectivity index (χ4n) is 2.85. The molecule has 0 aliphatic rings. The zero-order chi connectivity index (χ0) is 23.1. The van der Waals surface area contributed by atoms with Crippen LogP contribution in [0, 0.1) is 17.1 Å². The number of rotatable bonds is 8. The maximum Gasteiger partial charge on any atom is 0.219 e. The first kappa shape index (κ1) is 23.9. The van der Waals surface area contributed by atoms with E-state index in [2.05, 4.69) is 5.32 Å². The van der Waals surface area contributed by atoms with E-state index in [0.717, 1.165) is 23.7 Å². The van der Waals surface area contributed by atoms with Crippen LogP contribution in [0.2, 0.25) is 5.02 Å². The molecular weight excluding hydrogens is 467 g/mol. The van der Waals surface area contributed by atoms with E-state index < -0.39 is 20.6 Å². The van der Waals surface area contributed by atoms with Gasteiger partial charge in [0.05, 0.1) is 4.90 Å². The lowest BCUT2D eigenvalue weighted by Gasteiger charge is -2.15. The summed E-state index contributed by atoms with van der Waals surface area (Å²) >= 11 is 7.25. The van der Waals surface area contributed by atoms with Gasteiger partial charge in [0.1, 0.15) is 16.9 Å². The molecule has 0 fully saturated rings. The molecule has 3 aromatic carbocycles. The predicted molar refractivity (Wildman–Crippen MR) is 128 cm³/mol. The number of halogens is 2. The number of nitriles is 1. The zero-order valence-electron chi connectivity index (χ0n) is 17.2. The molecule has 8 heteroatoms. The van der Waals surface area contributed by atoms with Gasteiger partial charge in [-0.3, -0.25) is 0 Å². The molecular formula is C24H20ClFN2O2S2. The van der Waals surface area contributed by atoms with Crippen molar-refractivity contribution in [2.24, 2.45) is 0 Å². The third-order valence-electron chi connectivity index (χ3n) is 4.64. The van der Waals surface area contributed by atoms with Crippen molar-refractivity contribution in [2.45, 2.75) is 24.0 Å². The van der Waals surface area contributed by atoms with E-state index in [4.69, 9.17) is 11.6 Å². The minimum Gasteiger partial charge on any atom is -0.349 e. The van der Waals surface area contributed by atoms with Crippen molar-refractivity contribution in [2.75, 3.05) is 5.32 Å². The first-order valence-corrected chi connectivity index (χ1v) is 12.6. The van der Waals surface area contributed by atoms with E-state index in [1.165, 1.54) is 30.3 Å². The Morgan fingerprint density at radius 3 is 2.38 bits per heavy atom. The van der Waals surface area contributed by atoms with Gasteiger partial charge in [0.15, 0.2) is 4.91 Å². The Labute approximate surface area is 196 Å². The van der Waals surface area contributed by atoms with Crippen molar-refractivity contribution >= 4 is 38.9 Å². The maximum absolute atomic E-state index is 13.4. The summed E-state index contributed by atoms with van der Waals surface area (Å²) in [5.74, 6) is -0.220. The summed E-state index contributed by atoms with van der Waals surface area (Å²) in [6.45, 7) is 2.04. The Morgan fingerprint density at radius 2 is 1.78 bits per heavy atom.